The highest BCUT2D eigenvalue weighted by atomic mass is 31.2. The molecule has 0 bridgehead atoms. The molecule has 0 atom stereocenters. The van der Waals surface area contributed by atoms with E-state index in [9.17, 15) is 0 Å². The van der Waals surface area contributed by atoms with E-state index < -0.39 is 21.0 Å². The molecule has 6 aromatic rings. The lowest BCUT2D eigenvalue weighted by atomic mass is 10.0. The molecule has 0 aromatic heterocycles. The van der Waals surface area contributed by atoms with Crippen molar-refractivity contribution in [1.29, 1.82) is 0 Å². The standard InChI is InChI=1S/C37H28F2OP2/c38-37(39,33-25-13-15-27-35(33)41(29-17-5-1-6-18-29)30-19-7-2-8-20-30)34-26-14-16-28-36(34)42(40,31-21-9-3-10-22-31)32-23-11-4-12-24-32/h1-28H. The van der Waals surface area contributed by atoms with Crippen molar-refractivity contribution in [3.8, 4) is 0 Å². The molecule has 6 aromatic carbocycles. The SMILES string of the molecule is O=P(c1ccccc1)(c1ccccc1)c1ccccc1C(F)(F)c1ccccc1P(c1ccccc1)c1ccccc1. The Morgan fingerprint density at radius 1 is 0.452 bits per heavy atom. The van der Waals surface area contributed by atoms with Crippen molar-refractivity contribution in [3.05, 3.63) is 181 Å². The topological polar surface area (TPSA) is 17.1 Å². The molecule has 206 valence electrons. The minimum absolute atomic E-state index is 0.0797. The second kappa shape index (κ2) is 12.0. The smallest absolute Gasteiger partial charge is 0.299 e. The zero-order valence-electron chi connectivity index (χ0n) is 22.7. The van der Waals surface area contributed by atoms with Gasteiger partial charge in [-0.3, -0.25) is 0 Å². The van der Waals surface area contributed by atoms with Crippen LogP contribution in [0.5, 0.6) is 0 Å². The number of benzene rings is 6. The minimum Gasteiger partial charge on any atom is -0.309 e. The van der Waals surface area contributed by atoms with Crippen LogP contribution in [0.2, 0.25) is 0 Å². The van der Waals surface area contributed by atoms with Crippen LogP contribution in [0.3, 0.4) is 0 Å². The van der Waals surface area contributed by atoms with Gasteiger partial charge in [-0.25, -0.2) is 0 Å². The molecule has 0 saturated heterocycles. The number of hydrogen-bond acceptors (Lipinski definition) is 1. The molecule has 1 nitrogen and oxygen atoms in total. The van der Waals surface area contributed by atoms with E-state index in [0.29, 0.717) is 15.9 Å². The van der Waals surface area contributed by atoms with E-state index >= 15 is 13.3 Å². The van der Waals surface area contributed by atoms with Gasteiger partial charge < -0.3 is 4.57 Å². The summed E-state index contributed by atoms with van der Waals surface area (Å²) in [5, 5.41) is 3.71. The van der Waals surface area contributed by atoms with Crippen molar-refractivity contribution >= 4 is 46.9 Å². The highest BCUT2D eigenvalue weighted by Gasteiger charge is 2.44. The maximum atomic E-state index is 17.3. The van der Waals surface area contributed by atoms with Crippen LogP contribution in [-0.2, 0) is 10.5 Å². The van der Waals surface area contributed by atoms with Crippen LogP contribution in [-0.4, -0.2) is 0 Å². The van der Waals surface area contributed by atoms with Crippen molar-refractivity contribution in [2.45, 2.75) is 5.92 Å². The Hall–Kier alpha value is -4.16. The van der Waals surface area contributed by atoms with E-state index in [2.05, 4.69) is 0 Å². The molecular weight excluding hydrogens is 560 g/mol. The number of rotatable bonds is 8. The van der Waals surface area contributed by atoms with Gasteiger partial charge in [-0.2, -0.15) is 8.78 Å². The van der Waals surface area contributed by atoms with E-state index in [1.54, 1.807) is 72.8 Å². The van der Waals surface area contributed by atoms with Crippen molar-refractivity contribution in [1.82, 2.24) is 0 Å². The van der Waals surface area contributed by atoms with Gasteiger partial charge in [-0.15, -0.1) is 0 Å². The molecule has 0 N–H and O–H groups in total. The lowest BCUT2D eigenvalue weighted by Gasteiger charge is -2.29. The molecule has 0 aliphatic carbocycles. The Kier molecular flexibility index (Phi) is 7.98. The van der Waals surface area contributed by atoms with Gasteiger partial charge in [0.15, 0.2) is 7.14 Å². The second-order valence-corrected chi connectivity index (χ2v) is 14.8. The Bertz CT molecular complexity index is 1740. The molecule has 0 aliphatic rings. The summed E-state index contributed by atoms with van der Waals surface area (Å²) in [5.74, 6) is -3.43. The van der Waals surface area contributed by atoms with Gasteiger partial charge >= 0.3 is 0 Å². The number of halogens is 2. The molecule has 0 saturated carbocycles. The first kappa shape index (κ1) is 28.0. The van der Waals surface area contributed by atoms with E-state index in [1.165, 1.54) is 12.1 Å². The number of alkyl halides is 2. The van der Waals surface area contributed by atoms with E-state index in [-0.39, 0.29) is 16.4 Å². The third kappa shape index (κ3) is 5.16. The third-order valence-corrected chi connectivity index (χ3v) is 13.0. The molecule has 0 fully saturated rings. The van der Waals surface area contributed by atoms with Gasteiger partial charge in [0.2, 0.25) is 0 Å². The van der Waals surface area contributed by atoms with Crippen molar-refractivity contribution < 1.29 is 13.3 Å². The first-order chi connectivity index (χ1) is 20.5. The van der Waals surface area contributed by atoms with Crippen LogP contribution in [0, 0.1) is 0 Å². The predicted octanol–water partition coefficient (Wildman–Crippen LogP) is 7.22. The summed E-state index contributed by atoms with van der Waals surface area (Å²) in [6, 6.07) is 50.7. The second-order valence-electron chi connectivity index (χ2n) is 9.90. The maximum absolute atomic E-state index is 17.3. The molecule has 6 rings (SSSR count). The fourth-order valence-electron chi connectivity index (χ4n) is 5.38. The highest BCUT2D eigenvalue weighted by molar-refractivity contribution is 7.85. The van der Waals surface area contributed by atoms with Gasteiger partial charge in [0.05, 0.1) is 0 Å². The molecular formula is C37H28F2OP2. The Balaban J connectivity index is 1.59. The van der Waals surface area contributed by atoms with E-state index in [0.717, 1.165) is 10.6 Å². The molecule has 0 aliphatic heterocycles. The monoisotopic (exact) mass is 588 g/mol. The van der Waals surface area contributed by atoms with Gasteiger partial charge in [0.1, 0.15) is 0 Å². The van der Waals surface area contributed by atoms with Crippen molar-refractivity contribution in [2.24, 2.45) is 0 Å². The molecule has 0 heterocycles. The van der Waals surface area contributed by atoms with Crippen LogP contribution in [0.1, 0.15) is 11.1 Å². The quantitative estimate of drug-likeness (QED) is 0.172. The molecule has 0 radical (unpaired) electrons. The van der Waals surface area contributed by atoms with E-state index in [1.807, 2.05) is 84.9 Å². The molecule has 42 heavy (non-hydrogen) atoms. The molecule has 0 amide bonds. The summed E-state index contributed by atoms with van der Waals surface area (Å²) in [6.07, 6.45) is 0. The predicted molar refractivity (Wildman–Crippen MR) is 174 cm³/mol. The van der Waals surface area contributed by atoms with Gasteiger partial charge in [-0.05, 0) is 23.8 Å². The average molecular weight is 589 g/mol. The maximum Gasteiger partial charge on any atom is 0.299 e. The van der Waals surface area contributed by atoms with Crippen LogP contribution >= 0.6 is 15.1 Å². The normalized spacial score (nSPS) is 11.9. The largest absolute Gasteiger partial charge is 0.309 e. The van der Waals surface area contributed by atoms with Crippen molar-refractivity contribution in [2.75, 3.05) is 0 Å². The number of hydrogen-bond donors (Lipinski definition) is 0. The summed E-state index contributed by atoms with van der Waals surface area (Å²) < 4.78 is 49.8. The molecule has 5 heteroatoms. The van der Waals surface area contributed by atoms with Crippen LogP contribution in [0.4, 0.5) is 8.78 Å². The third-order valence-electron chi connectivity index (χ3n) is 7.33. The summed E-state index contributed by atoms with van der Waals surface area (Å²) in [4.78, 5) is 0. The lowest BCUT2D eigenvalue weighted by molar-refractivity contribution is 0.0451. The summed E-state index contributed by atoms with van der Waals surface area (Å²) in [7, 11) is -4.96. The van der Waals surface area contributed by atoms with Crippen LogP contribution in [0.25, 0.3) is 0 Å². The van der Waals surface area contributed by atoms with Gasteiger partial charge in [0.25, 0.3) is 5.92 Å². The Morgan fingerprint density at radius 3 is 1.33 bits per heavy atom. The summed E-state index contributed by atoms with van der Waals surface area (Å²) >= 11 is 0. The zero-order chi connectivity index (χ0) is 29.0. The first-order valence-electron chi connectivity index (χ1n) is 13.7. The minimum atomic E-state index is -3.66. The van der Waals surface area contributed by atoms with Crippen LogP contribution in [0.15, 0.2) is 170 Å². The highest BCUT2D eigenvalue weighted by Crippen LogP contribution is 2.48. The summed E-state index contributed by atoms with van der Waals surface area (Å²) in [5.41, 5.74) is -0.325. The molecule has 0 unspecified atom stereocenters. The fourth-order valence-corrected chi connectivity index (χ4v) is 10.8. The van der Waals surface area contributed by atoms with Gasteiger partial charge in [-0.1, -0.05) is 170 Å². The fraction of sp³-hybridized carbons (Fsp3) is 0.0270. The lowest BCUT2D eigenvalue weighted by Crippen LogP contribution is -2.35. The first-order valence-corrected chi connectivity index (χ1v) is 16.7. The van der Waals surface area contributed by atoms with E-state index in [4.69, 9.17) is 0 Å². The molecule has 0 spiro atoms. The van der Waals surface area contributed by atoms with Crippen LogP contribution < -0.4 is 31.8 Å². The Labute approximate surface area is 246 Å². The van der Waals surface area contributed by atoms with Crippen molar-refractivity contribution in [3.63, 3.8) is 0 Å². The van der Waals surface area contributed by atoms with Gasteiger partial charge in [0, 0.05) is 27.0 Å². The average Bonchev–Trinajstić information content (AvgIpc) is 3.06. The Morgan fingerprint density at radius 2 is 0.833 bits per heavy atom. The summed E-state index contributed by atoms with van der Waals surface area (Å²) in [6.45, 7) is 0. The zero-order valence-corrected chi connectivity index (χ0v) is 24.5.